The zero-order valence-electron chi connectivity index (χ0n) is 11.4. The van der Waals surface area contributed by atoms with Crippen molar-refractivity contribution in [1.82, 2.24) is 0 Å². The SMILES string of the molecule is Cc1ccc(C(N)c2ccc3c(c2)COC3)cc1C. The second-order valence-electron chi connectivity index (χ2n) is 5.34. The number of rotatable bonds is 2. The molecular weight excluding hydrogens is 234 g/mol. The van der Waals surface area contributed by atoms with Gasteiger partial charge in [-0.3, -0.25) is 0 Å². The van der Waals surface area contributed by atoms with Crippen LogP contribution in [-0.2, 0) is 18.0 Å². The molecule has 1 aliphatic rings. The van der Waals surface area contributed by atoms with E-state index in [-0.39, 0.29) is 6.04 Å². The Hall–Kier alpha value is -1.64. The molecule has 2 N–H and O–H groups in total. The van der Waals surface area contributed by atoms with E-state index in [9.17, 15) is 0 Å². The van der Waals surface area contributed by atoms with Crippen molar-refractivity contribution >= 4 is 0 Å². The van der Waals surface area contributed by atoms with Crippen LogP contribution >= 0.6 is 0 Å². The number of fused-ring (bicyclic) bond motifs is 1. The Morgan fingerprint density at radius 1 is 0.895 bits per heavy atom. The lowest BCUT2D eigenvalue weighted by Crippen LogP contribution is -2.12. The van der Waals surface area contributed by atoms with Crippen LogP contribution in [0.3, 0.4) is 0 Å². The molecule has 2 aromatic rings. The Bertz CT molecular complexity index is 619. The van der Waals surface area contributed by atoms with Gasteiger partial charge in [0.25, 0.3) is 0 Å². The van der Waals surface area contributed by atoms with Gasteiger partial charge in [0, 0.05) is 0 Å². The van der Waals surface area contributed by atoms with E-state index in [0.29, 0.717) is 6.61 Å². The standard InChI is InChI=1S/C17H19NO/c1-11-3-4-13(7-12(11)2)17(18)14-5-6-15-9-19-10-16(15)8-14/h3-8,17H,9-10,18H2,1-2H3. The van der Waals surface area contributed by atoms with Gasteiger partial charge in [-0.2, -0.15) is 0 Å². The fourth-order valence-electron chi connectivity index (χ4n) is 2.54. The fourth-order valence-corrected chi connectivity index (χ4v) is 2.54. The quantitative estimate of drug-likeness (QED) is 0.890. The summed E-state index contributed by atoms with van der Waals surface area (Å²) in [5, 5.41) is 0. The lowest BCUT2D eigenvalue weighted by molar-refractivity contribution is 0.134. The second kappa shape index (κ2) is 4.80. The highest BCUT2D eigenvalue weighted by molar-refractivity contribution is 5.40. The van der Waals surface area contributed by atoms with E-state index in [1.807, 2.05) is 0 Å². The lowest BCUT2D eigenvalue weighted by Gasteiger charge is -2.15. The van der Waals surface area contributed by atoms with E-state index in [1.54, 1.807) is 0 Å². The predicted molar refractivity (Wildman–Crippen MR) is 76.9 cm³/mol. The van der Waals surface area contributed by atoms with Crippen LogP contribution in [0.4, 0.5) is 0 Å². The van der Waals surface area contributed by atoms with Crippen molar-refractivity contribution in [3.8, 4) is 0 Å². The molecule has 3 rings (SSSR count). The summed E-state index contributed by atoms with van der Waals surface area (Å²) in [6.45, 7) is 5.69. The van der Waals surface area contributed by atoms with Crippen molar-refractivity contribution in [2.24, 2.45) is 5.73 Å². The summed E-state index contributed by atoms with van der Waals surface area (Å²) in [5.74, 6) is 0. The first-order valence-corrected chi connectivity index (χ1v) is 6.67. The first-order chi connectivity index (χ1) is 9.15. The van der Waals surface area contributed by atoms with Crippen molar-refractivity contribution in [3.05, 3.63) is 69.8 Å². The molecule has 0 aliphatic carbocycles. The molecule has 0 fully saturated rings. The van der Waals surface area contributed by atoms with E-state index in [4.69, 9.17) is 10.5 Å². The van der Waals surface area contributed by atoms with E-state index in [1.165, 1.54) is 27.8 Å². The Morgan fingerprint density at radius 3 is 2.37 bits per heavy atom. The second-order valence-corrected chi connectivity index (χ2v) is 5.34. The minimum atomic E-state index is -0.0646. The summed E-state index contributed by atoms with van der Waals surface area (Å²) in [6.07, 6.45) is 0. The van der Waals surface area contributed by atoms with Crippen molar-refractivity contribution in [2.45, 2.75) is 33.1 Å². The molecule has 19 heavy (non-hydrogen) atoms. The van der Waals surface area contributed by atoms with Gasteiger partial charge >= 0.3 is 0 Å². The first kappa shape index (κ1) is 12.4. The molecule has 0 spiro atoms. The van der Waals surface area contributed by atoms with Crippen molar-refractivity contribution in [2.75, 3.05) is 0 Å². The summed E-state index contributed by atoms with van der Waals surface area (Å²) in [5.41, 5.74) is 13.9. The maximum absolute atomic E-state index is 6.39. The summed E-state index contributed by atoms with van der Waals surface area (Å²) in [7, 11) is 0. The zero-order chi connectivity index (χ0) is 13.4. The van der Waals surface area contributed by atoms with Crippen LogP contribution in [-0.4, -0.2) is 0 Å². The highest BCUT2D eigenvalue weighted by Crippen LogP contribution is 2.27. The van der Waals surface area contributed by atoms with Crippen LogP contribution in [0.5, 0.6) is 0 Å². The van der Waals surface area contributed by atoms with Crippen LogP contribution in [0.15, 0.2) is 36.4 Å². The van der Waals surface area contributed by atoms with Gasteiger partial charge in [-0.05, 0) is 47.2 Å². The fraction of sp³-hybridized carbons (Fsp3) is 0.294. The normalized spacial score (nSPS) is 15.3. The molecule has 98 valence electrons. The van der Waals surface area contributed by atoms with Gasteiger partial charge < -0.3 is 10.5 Å². The van der Waals surface area contributed by atoms with Crippen molar-refractivity contribution in [3.63, 3.8) is 0 Å². The van der Waals surface area contributed by atoms with Gasteiger partial charge in [-0.15, -0.1) is 0 Å². The minimum Gasteiger partial charge on any atom is -0.372 e. The summed E-state index contributed by atoms with van der Waals surface area (Å²) < 4.78 is 5.45. The smallest absolute Gasteiger partial charge is 0.0725 e. The zero-order valence-corrected chi connectivity index (χ0v) is 11.4. The Kier molecular flexibility index (Phi) is 3.13. The third-order valence-electron chi connectivity index (χ3n) is 3.99. The molecule has 1 unspecified atom stereocenters. The van der Waals surface area contributed by atoms with E-state index >= 15 is 0 Å². The molecule has 2 heteroatoms. The van der Waals surface area contributed by atoms with Crippen LogP contribution in [0.1, 0.15) is 39.4 Å². The molecule has 0 saturated heterocycles. The molecule has 1 heterocycles. The maximum Gasteiger partial charge on any atom is 0.0725 e. The van der Waals surface area contributed by atoms with Crippen LogP contribution in [0, 0.1) is 13.8 Å². The first-order valence-electron chi connectivity index (χ1n) is 6.67. The molecule has 2 nitrogen and oxygen atoms in total. The number of hydrogen-bond donors (Lipinski definition) is 1. The number of nitrogens with two attached hydrogens (primary N) is 1. The van der Waals surface area contributed by atoms with Gasteiger partial charge in [0.1, 0.15) is 0 Å². The Labute approximate surface area is 114 Å². The van der Waals surface area contributed by atoms with E-state index in [0.717, 1.165) is 12.2 Å². The Balaban J connectivity index is 1.94. The van der Waals surface area contributed by atoms with Crippen LogP contribution < -0.4 is 5.73 Å². The van der Waals surface area contributed by atoms with Gasteiger partial charge in [-0.1, -0.05) is 36.4 Å². The van der Waals surface area contributed by atoms with Crippen LogP contribution in [0.25, 0.3) is 0 Å². The maximum atomic E-state index is 6.39. The molecule has 0 bridgehead atoms. The van der Waals surface area contributed by atoms with Crippen molar-refractivity contribution < 1.29 is 4.74 Å². The van der Waals surface area contributed by atoms with Crippen LogP contribution in [0.2, 0.25) is 0 Å². The molecule has 0 radical (unpaired) electrons. The largest absolute Gasteiger partial charge is 0.372 e. The minimum absolute atomic E-state index is 0.0646. The van der Waals surface area contributed by atoms with Crippen molar-refractivity contribution in [1.29, 1.82) is 0 Å². The summed E-state index contributed by atoms with van der Waals surface area (Å²) in [6, 6.07) is 12.8. The highest BCUT2D eigenvalue weighted by Gasteiger charge is 2.15. The molecule has 1 aliphatic heterocycles. The highest BCUT2D eigenvalue weighted by atomic mass is 16.5. The molecule has 0 saturated carbocycles. The predicted octanol–water partition coefficient (Wildman–Crippen LogP) is 3.38. The van der Waals surface area contributed by atoms with Gasteiger partial charge in [0.15, 0.2) is 0 Å². The number of hydrogen-bond acceptors (Lipinski definition) is 2. The average Bonchev–Trinajstić information content (AvgIpc) is 2.88. The Morgan fingerprint density at radius 2 is 1.58 bits per heavy atom. The molecule has 1 atom stereocenters. The van der Waals surface area contributed by atoms with E-state index < -0.39 is 0 Å². The number of benzene rings is 2. The molecule has 2 aromatic carbocycles. The van der Waals surface area contributed by atoms with Gasteiger partial charge in [-0.25, -0.2) is 0 Å². The molecule has 0 aromatic heterocycles. The third kappa shape index (κ3) is 2.29. The monoisotopic (exact) mass is 253 g/mol. The summed E-state index contributed by atoms with van der Waals surface area (Å²) in [4.78, 5) is 0. The van der Waals surface area contributed by atoms with E-state index in [2.05, 4.69) is 50.2 Å². The average molecular weight is 253 g/mol. The third-order valence-corrected chi connectivity index (χ3v) is 3.99. The molecule has 0 amide bonds. The topological polar surface area (TPSA) is 35.2 Å². The molecular formula is C17H19NO. The lowest BCUT2D eigenvalue weighted by atomic mass is 9.94. The number of aryl methyl sites for hydroxylation is 2. The summed E-state index contributed by atoms with van der Waals surface area (Å²) >= 11 is 0. The number of ether oxygens (including phenoxy) is 1. The van der Waals surface area contributed by atoms with Gasteiger partial charge in [0.2, 0.25) is 0 Å². The van der Waals surface area contributed by atoms with Gasteiger partial charge in [0.05, 0.1) is 19.3 Å².